The summed E-state index contributed by atoms with van der Waals surface area (Å²) in [6.07, 6.45) is 0.694. The Balaban J connectivity index is 0.00000392. The normalized spacial score (nSPS) is 10.3. The van der Waals surface area contributed by atoms with E-state index in [-0.39, 0.29) is 30.1 Å². The number of carbonyl (C=O) groups excluding carboxylic acids is 2. The highest BCUT2D eigenvalue weighted by Crippen LogP contribution is 2.23. The lowest BCUT2D eigenvalue weighted by Gasteiger charge is -2.23. The highest BCUT2D eigenvalue weighted by molar-refractivity contribution is 6.34. The molecule has 5 nitrogen and oxygen atoms in total. The van der Waals surface area contributed by atoms with Crippen molar-refractivity contribution in [3.8, 4) is 0 Å². The van der Waals surface area contributed by atoms with E-state index >= 15 is 0 Å². The van der Waals surface area contributed by atoms with Crippen molar-refractivity contribution in [2.45, 2.75) is 26.8 Å². The van der Waals surface area contributed by atoms with Gasteiger partial charge in [-0.15, -0.1) is 12.4 Å². The van der Waals surface area contributed by atoms with Crippen LogP contribution in [0.5, 0.6) is 0 Å². The summed E-state index contributed by atoms with van der Waals surface area (Å²) in [6.45, 7) is 5.12. The first kappa shape index (κ1) is 24.0. The zero-order valence-corrected chi connectivity index (χ0v) is 17.7. The van der Waals surface area contributed by atoms with Crippen LogP contribution in [0.1, 0.15) is 36.2 Å². The molecule has 2 rings (SSSR count). The molecule has 0 bridgehead atoms. The van der Waals surface area contributed by atoms with Crippen LogP contribution in [-0.2, 0) is 11.3 Å². The summed E-state index contributed by atoms with van der Waals surface area (Å²) < 4.78 is 0. The number of amides is 2. The Labute approximate surface area is 177 Å². The van der Waals surface area contributed by atoms with E-state index in [1.54, 1.807) is 23.1 Å². The molecular weight excluding hydrogens is 397 g/mol. The number of hydrogen-bond acceptors (Lipinski definition) is 3. The zero-order chi connectivity index (χ0) is 19.8. The predicted octanol–water partition coefficient (Wildman–Crippen LogP) is 4.35. The molecule has 0 fully saturated rings. The number of nitrogens with two attached hydrogens (primary N) is 1. The number of benzene rings is 2. The van der Waals surface area contributed by atoms with Crippen LogP contribution < -0.4 is 11.1 Å². The first-order chi connectivity index (χ1) is 12.9. The third kappa shape index (κ3) is 6.82. The molecule has 0 atom stereocenters. The fourth-order valence-corrected chi connectivity index (χ4v) is 2.76. The number of hydrogen-bond donors (Lipinski definition) is 2. The molecule has 3 N–H and O–H groups in total. The van der Waals surface area contributed by atoms with Gasteiger partial charge in [0, 0.05) is 24.7 Å². The third-order valence-corrected chi connectivity index (χ3v) is 4.45. The lowest BCUT2D eigenvalue weighted by Crippen LogP contribution is -2.33. The Hall–Kier alpha value is -2.08. The van der Waals surface area contributed by atoms with Crippen LogP contribution >= 0.6 is 24.0 Å². The van der Waals surface area contributed by atoms with Crippen LogP contribution in [0.2, 0.25) is 5.02 Å². The SMILES string of the molecule is CC(C)C(=O)Nc1ccc(Cl)c(C(=O)N(CCCN)Cc2ccccc2)c1.Cl. The van der Waals surface area contributed by atoms with Crippen LogP contribution in [0, 0.1) is 5.92 Å². The van der Waals surface area contributed by atoms with E-state index < -0.39 is 0 Å². The minimum atomic E-state index is -0.182. The van der Waals surface area contributed by atoms with Gasteiger partial charge in [0.1, 0.15) is 0 Å². The van der Waals surface area contributed by atoms with Gasteiger partial charge >= 0.3 is 0 Å². The van der Waals surface area contributed by atoms with E-state index in [2.05, 4.69) is 5.32 Å². The van der Waals surface area contributed by atoms with E-state index in [0.717, 1.165) is 5.56 Å². The second-order valence-electron chi connectivity index (χ2n) is 6.69. The smallest absolute Gasteiger partial charge is 0.255 e. The Morgan fingerprint density at radius 2 is 1.82 bits per heavy atom. The van der Waals surface area contributed by atoms with E-state index in [1.165, 1.54) is 0 Å². The lowest BCUT2D eigenvalue weighted by molar-refractivity contribution is -0.118. The summed E-state index contributed by atoms with van der Waals surface area (Å²) in [5.74, 6) is -0.447. The molecule has 0 aliphatic heterocycles. The molecule has 7 heteroatoms. The molecule has 0 aliphatic carbocycles. The van der Waals surface area contributed by atoms with Crippen LogP contribution in [-0.4, -0.2) is 29.8 Å². The molecule has 0 aliphatic rings. The van der Waals surface area contributed by atoms with Crippen molar-refractivity contribution in [2.75, 3.05) is 18.4 Å². The molecule has 0 spiro atoms. The highest BCUT2D eigenvalue weighted by Gasteiger charge is 2.20. The largest absolute Gasteiger partial charge is 0.334 e. The van der Waals surface area contributed by atoms with Gasteiger partial charge in [0.05, 0.1) is 10.6 Å². The number of nitrogens with zero attached hydrogens (tertiary/aromatic N) is 1. The Bertz CT molecular complexity index is 782. The van der Waals surface area contributed by atoms with E-state index in [0.29, 0.717) is 42.3 Å². The van der Waals surface area contributed by atoms with Crippen molar-refractivity contribution in [3.05, 3.63) is 64.7 Å². The van der Waals surface area contributed by atoms with Gasteiger partial charge in [0.25, 0.3) is 5.91 Å². The monoisotopic (exact) mass is 423 g/mol. The standard InChI is InChI=1S/C21H26ClN3O2.ClH/c1-15(2)20(26)24-17-9-10-19(22)18(13-17)21(27)25(12-6-11-23)14-16-7-4-3-5-8-16;/h3-5,7-10,13,15H,6,11-12,14,23H2,1-2H3,(H,24,26);1H. The van der Waals surface area contributed by atoms with Crippen LogP contribution in [0.4, 0.5) is 5.69 Å². The third-order valence-electron chi connectivity index (χ3n) is 4.12. The lowest BCUT2D eigenvalue weighted by atomic mass is 10.1. The fourth-order valence-electron chi connectivity index (χ4n) is 2.56. The topological polar surface area (TPSA) is 75.4 Å². The van der Waals surface area contributed by atoms with Gasteiger partial charge < -0.3 is 16.0 Å². The Morgan fingerprint density at radius 1 is 1.14 bits per heavy atom. The second kappa shape index (κ2) is 11.7. The molecule has 2 amide bonds. The molecule has 0 unspecified atom stereocenters. The van der Waals surface area contributed by atoms with Crippen molar-refractivity contribution in [3.63, 3.8) is 0 Å². The van der Waals surface area contributed by atoms with Gasteiger partial charge in [-0.1, -0.05) is 55.8 Å². The molecule has 0 radical (unpaired) electrons. The van der Waals surface area contributed by atoms with Crippen molar-refractivity contribution in [2.24, 2.45) is 11.7 Å². The summed E-state index contributed by atoms with van der Waals surface area (Å²) in [5.41, 5.74) is 7.59. The molecular formula is C21H27Cl2N3O2. The summed E-state index contributed by atoms with van der Waals surface area (Å²) in [7, 11) is 0. The van der Waals surface area contributed by atoms with Crippen LogP contribution in [0.3, 0.4) is 0 Å². The summed E-state index contributed by atoms with van der Waals surface area (Å²) >= 11 is 6.29. The molecule has 2 aromatic rings. The molecule has 0 heterocycles. The van der Waals surface area contributed by atoms with Crippen molar-refractivity contribution in [1.29, 1.82) is 0 Å². The maximum Gasteiger partial charge on any atom is 0.255 e. The molecule has 28 heavy (non-hydrogen) atoms. The summed E-state index contributed by atoms with van der Waals surface area (Å²) in [5, 5.41) is 3.16. The van der Waals surface area contributed by atoms with Crippen LogP contribution in [0.15, 0.2) is 48.5 Å². The predicted molar refractivity (Wildman–Crippen MR) is 117 cm³/mol. The quantitative estimate of drug-likeness (QED) is 0.662. The van der Waals surface area contributed by atoms with Crippen molar-refractivity contribution < 1.29 is 9.59 Å². The molecule has 0 aromatic heterocycles. The van der Waals surface area contributed by atoms with Gasteiger partial charge in [0.2, 0.25) is 5.91 Å². The Kier molecular flexibility index (Phi) is 10.0. The number of carbonyl (C=O) groups is 2. The average Bonchev–Trinajstić information content (AvgIpc) is 2.66. The molecule has 0 saturated heterocycles. The van der Waals surface area contributed by atoms with Crippen molar-refractivity contribution in [1.82, 2.24) is 4.90 Å². The second-order valence-corrected chi connectivity index (χ2v) is 7.10. The number of rotatable bonds is 8. The first-order valence-corrected chi connectivity index (χ1v) is 9.44. The summed E-state index contributed by atoms with van der Waals surface area (Å²) in [4.78, 5) is 26.8. The number of nitrogens with one attached hydrogen (secondary N) is 1. The average molecular weight is 424 g/mol. The minimum Gasteiger partial charge on any atom is -0.334 e. The van der Waals surface area contributed by atoms with E-state index in [1.807, 2.05) is 44.2 Å². The van der Waals surface area contributed by atoms with Gasteiger partial charge in [-0.3, -0.25) is 9.59 Å². The van der Waals surface area contributed by atoms with Gasteiger partial charge in [0.15, 0.2) is 0 Å². The first-order valence-electron chi connectivity index (χ1n) is 9.06. The van der Waals surface area contributed by atoms with Crippen molar-refractivity contribution >= 4 is 41.5 Å². The maximum absolute atomic E-state index is 13.1. The van der Waals surface area contributed by atoms with Gasteiger partial charge in [-0.2, -0.15) is 0 Å². The molecule has 0 saturated carbocycles. The zero-order valence-electron chi connectivity index (χ0n) is 16.2. The molecule has 152 valence electrons. The Morgan fingerprint density at radius 3 is 2.43 bits per heavy atom. The maximum atomic E-state index is 13.1. The van der Waals surface area contributed by atoms with Gasteiger partial charge in [-0.25, -0.2) is 0 Å². The highest BCUT2D eigenvalue weighted by atomic mass is 35.5. The van der Waals surface area contributed by atoms with E-state index in [4.69, 9.17) is 17.3 Å². The van der Waals surface area contributed by atoms with Gasteiger partial charge in [-0.05, 0) is 36.7 Å². The van der Waals surface area contributed by atoms with E-state index in [9.17, 15) is 9.59 Å². The fraction of sp³-hybridized carbons (Fsp3) is 0.333. The summed E-state index contributed by atoms with van der Waals surface area (Å²) in [6, 6.07) is 14.7. The number of anilines is 1. The molecule has 2 aromatic carbocycles. The number of halogens is 2. The van der Waals surface area contributed by atoms with Crippen LogP contribution in [0.25, 0.3) is 0 Å². The minimum absolute atomic E-state index is 0.